The summed E-state index contributed by atoms with van der Waals surface area (Å²) in [5, 5.41) is 8.10. The third kappa shape index (κ3) is 4.18. The highest BCUT2D eigenvalue weighted by molar-refractivity contribution is 5.97. The van der Waals surface area contributed by atoms with Crippen molar-refractivity contribution in [2.24, 2.45) is 5.41 Å². The average Bonchev–Trinajstić information content (AvgIpc) is 3.13. The summed E-state index contributed by atoms with van der Waals surface area (Å²) >= 11 is 0. The SMILES string of the molecule is CC(C)N1CC[C@@H](NC(=O)c2cnc3onc(CC(C)(C)C)c3c2)C1. The number of pyridine rings is 1. The highest BCUT2D eigenvalue weighted by Gasteiger charge is 2.26. The molecule has 25 heavy (non-hydrogen) atoms. The highest BCUT2D eigenvalue weighted by atomic mass is 16.5. The molecule has 1 N–H and O–H groups in total. The minimum Gasteiger partial charge on any atom is -0.348 e. The van der Waals surface area contributed by atoms with Crippen molar-refractivity contribution in [2.45, 2.75) is 59.5 Å². The fourth-order valence-electron chi connectivity index (χ4n) is 3.28. The molecule has 1 atom stereocenters. The fraction of sp³-hybridized carbons (Fsp3) is 0.632. The Balaban J connectivity index is 1.75. The molecule has 2 aromatic heterocycles. The van der Waals surface area contributed by atoms with E-state index in [4.69, 9.17) is 4.52 Å². The number of hydrogen-bond acceptors (Lipinski definition) is 5. The molecule has 0 spiro atoms. The molecule has 0 bridgehead atoms. The largest absolute Gasteiger partial charge is 0.348 e. The van der Waals surface area contributed by atoms with E-state index in [1.165, 1.54) is 0 Å². The molecule has 1 amide bonds. The van der Waals surface area contributed by atoms with Crippen LogP contribution in [0.4, 0.5) is 0 Å². The number of carbonyl (C=O) groups excluding carboxylic acids is 1. The Bertz CT molecular complexity index is 760. The van der Waals surface area contributed by atoms with Gasteiger partial charge in [0.25, 0.3) is 11.6 Å². The quantitative estimate of drug-likeness (QED) is 0.923. The number of aromatic nitrogens is 2. The molecule has 0 saturated carbocycles. The maximum atomic E-state index is 12.6. The van der Waals surface area contributed by atoms with E-state index in [2.05, 4.69) is 55.0 Å². The van der Waals surface area contributed by atoms with Gasteiger partial charge in [-0.25, -0.2) is 4.98 Å². The minimum atomic E-state index is -0.0760. The first kappa shape index (κ1) is 17.9. The van der Waals surface area contributed by atoms with E-state index in [1.54, 1.807) is 6.20 Å². The zero-order chi connectivity index (χ0) is 18.2. The van der Waals surface area contributed by atoms with Crippen LogP contribution < -0.4 is 5.32 Å². The lowest BCUT2D eigenvalue weighted by molar-refractivity contribution is 0.0936. The Morgan fingerprint density at radius 1 is 1.44 bits per heavy atom. The highest BCUT2D eigenvalue weighted by Crippen LogP contribution is 2.26. The first-order chi connectivity index (χ1) is 11.7. The van der Waals surface area contributed by atoms with Crippen LogP contribution in [-0.2, 0) is 6.42 Å². The number of nitrogens with one attached hydrogen (secondary N) is 1. The molecule has 1 fully saturated rings. The lowest BCUT2D eigenvalue weighted by atomic mass is 9.90. The van der Waals surface area contributed by atoms with Gasteiger partial charge in [-0.2, -0.15) is 0 Å². The Morgan fingerprint density at radius 2 is 2.20 bits per heavy atom. The first-order valence-electron chi connectivity index (χ1n) is 9.02. The molecule has 3 heterocycles. The lowest BCUT2D eigenvalue weighted by Gasteiger charge is -2.20. The normalized spacial score (nSPS) is 19.0. The Labute approximate surface area is 149 Å². The van der Waals surface area contributed by atoms with Gasteiger partial charge >= 0.3 is 0 Å². The molecular weight excluding hydrogens is 316 g/mol. The zero-order valence-corrected chi connectivity index (χ0v) is 15.8. The molecule has 0 aromatic carbocycles. The number of hydrogen-bond donors (Lipinski definition) is 1. The van der Waals surface area contributed by atoms with Gasteiger partial charge in [0, 0.05) is 31.4 Å². The summed E-state index contributed by atoms with van der Waals surface area (Å²) in [6.45, 7) is 12.8. The summed E-state index contributed by atoms with van der Waals surface area (Å²) < 4.78 is 5.30. The topological polar surface area (TPSA) is 71.3 Å². The molecule has 136 valence electrons. The predicted octanol–water partition coefficient (Wildman–Crippen LogP) is 3.02. The molecule has 3 rings (SSSR count). The molecule has 1 saturated heterocycles. The smallest absolute Gasteiger partial charge is 0.257 e. The van der Waals surface area contributed by atoms with Crippen LogP contribution in [0.15, 0.2) is 16.8 Å². The van der Waals surface area contributed by atoms with Crippen LogP contribution in [0.1, 0.15) is 57.1 Å². The van der Waals surface area contributed by atoms with Gasteiger partial charge in [0.2, 0.25) is 0 Å². The summed E-state index contributed by atoms with van der Waals surface area (Å²) in [5.41, 5.74) is 2.00. The van der Waals surface area contributed by atoms with Crippen LogP contribution in [0, 0.1) is 5.41 Å². The molecule has 0 radical (unpaired) electrons. The van der Waals surface area contributed by atoms with Crippen molar-refractivity contribution in [3.05, 3.63) is 23.5 Å². The minimum absolute atomic E-state index is 0.0760. The molecule has 1 aliphatic rings. The van der Waals surface area contributed by atoms with Gasteiger partial charge in [0.05, 0.1) is 16.6 Å². The van der Waals surface area contributed by atoms with Crippen LogP contribution in [0.3, 0.4) is 0 Å². The van der Waals surface area contributed by atoms with Crippen LogP contribution in [-0.4, -0.2) is 46.1 Å². The summed E-state index contributed by atoms with van der Waals surface area (Å²) in [6.07, 6.45) is 3.33. The Morgan fingerprint density at radius 3 is 2.84 bits per heavy atom. The van der Waals surface area contributed by atoms with E-state index < -0.39 is 0 Å². The molecule has 0 unspecified atom stereocenters. The van der Waals surface area contributed by atoms with E-state index in [0.717, 1.165) is 37.0 Å². The van der Waals surface area contributed by atoms with Gasteiger partial charge in [0.15, 0.2) is 0 Å². The fourth-order valence-corrected chi connectivity index (χ4v) is 3.28. The Hall–Kier alpha value is -1.95. The van der Waals surface area contributed by atoms with E-state index in [1.807, 2.05) is 6.07 Å². The Kier molecular flexibility index (Phi) is 4.82. The molecule has 2 aromatic rings. The van der Waals surface area contributed by atoms with Crippen molar-refractivity contribution in [1.29, 1.82) is 0 Å². The van der Waals surface area contributed by atoms with Crippen molar-refractivity contribution in [2.75, 3.05) is 13.1 Å². The second kappa shape index (κ2) is 6.75. The standard InChI is InChI=1S/C19H28N4O2/c1-12(2)23-7-6-14(11-23)21-17(24)13-8-15-16(9-19(3,4)5)22-25-18(15)20-10-13/h8,10,12,14H,6-7,9,11H2,1-5H3,(H,21,24)/t14-/m1/s1. The van der Waals surface area contributed by atoms with Crippen LogP contribution in [0.2, 0.25) is 0 Å². The molecule has 1 aliphatic heterocycles. The van der Waals surface area contributed by atoms with Gasteiger partial charge in [-0.15, -0.1) is 0 Å². The van der Waals surface area contributed by atoms with Crippen molar-refractivity contribution in [3.63, 3.8) is 0 Å². The summed E-state index contributed by atoms with van der Waals surface area (Å²) in [7, 11) is 0. The van der Waals surface area contributed by atoms with Gasteiger partial charge in [-0.1, -0.05) is 25.9 Å². The van der Waals surface area contributed by atoms with E-state index in [9.17, 15) is 4.79 Å². The van der Waals surface area contributed by atoms with Crippen molar-refractivity contribution < 1.29 is 9.32 Å². The maximum absolute atomic E-state index is 12.6. The van der Waals surface area contributed by atoms with Crippen LogP contribution in [0.5, 0.6) is 0 Å². The van der Waals surface area contributed by atoms with E-state index >= 15 is 0 Å². The number of likely N-dealkylation sites (tertiary alicyclic amines) is 1. The van der Waals surface area contributed by atoms with Crippen LogP contribution >= 0.6 is 0 Å². The number of nitrogens with zero attached hydrogens (tertiary/aromatic N) is 3. The molecular formula is C19H28N4O2. The van der Waals surface area contributed by atoms with Crippen LogP contribution in [0.25, 0.3) is 11.1 Å². The number of rotatable bonds is 4. The maximum Gasteiger partial charge on any atom is 0.257 e. The van der Waals surface area contributed by atoms with Gasteiger partial charge in [0.1, 0.15) is 0 Å². The second-order valence-corrected chi connectivity index (χ2v) is 8.49. The number of amides is 1. The number of carbonyl (C=O) groups is 1. The van der Waals surface area contributed by atoms with E-state index in [-0.39, 0.29) is 17.4 Å². The average molecular weight is 344 g/mol. The van der Waals surface area contributed by atoms with Crippen molar-refractivity contribution in [1.82, 2.24) is 20.4 Å². The zero-order valence-electron chi connectivity index (χ0n) is 15.8. The van der Waals surface area contributed by atoms with Crippen molar-refractivity contribution in [3.8, 4) is 0 Å². The predicted molar refractivity (Wildman–Crippen MR) is 97.5 cm³/mol. The molecule has 0 aliphatic carbocycles. The lowest BCUT2D eigenvalue weighted by Crippen LogP contribution is -2.38. The van der Waals surface area contributed by atoms with Gasteiger partial charge < -0.3 is 9.84 Å². The van der Waals surface area contributed by atoms with Crippen molar-refractivity contribution >= 4 is 17.0 Å². The summed E-state index contributed by atoms with van der Waals surface area (Å²) in [6, 6.07) is 2.56. The van der Waals surface area contributed by atoms with E-state index in [0.29, 0.717) is 17.3 Å². The number of fused-ring (bicyclic) bond motifs is 1. The monoisotopic (exact) mass is 344 g/mol. The first-order valence-corrected chi connectivity index (χ1v) is 9.02. The summed E-state index contributed by atoms with van der Waals surface area (Å²) in [4.78, 5) is 19.3. The third-order valence-corrected chi connectivity index (χ3v) is 4.65. The third-order valence-electron chi connectivity index (χ3n) is 4.65. The second-order valence-electron chi connectivity index (χ2n) is 8.49. The summed E-state index contributed by atoms with van der Waals surface area (Å²) in [5.74, 6) is -0.0760. The molecule has 6 nitrogen and oxygen atoms in total. The molecule has 6 heteroatoms. The van der Waals surface area contributed by atoms with Gasteiger partial charge in [-0.3, -0.25) is 9.69 Å². The van der Waals surface area contributed by atoms with Gasteiger partial charge in [-0.05, 0) is 38.2 Å².